The van der Waals surface area contributed by atoms with Crippen LogP contribution >= 0.6 is 0 Å². The highest BCUT2D eigenvalue weighted by atomic mass is 19.1. The van der Waals surface area contributed by atoms with Crippen LogP contribution in [0.15, 0.2) is 28.8 Å². The Morgan fingerprint density at radius 2 is 2.10 bits per heavy atom. The zero-order valence-corrected chi connectivity index (χ0v) is 11.3. The Morgan fingerprint density at radius 3 is 2.85 bits per heavy atom. The summed E-state index contributed by atoms with van der Waals surface area (Å²) in [5, 5.41) is 3.95. The number of aromatic nitrogens is 2. The topological polar surface area (TPSA) is 64.9 Å². The molecule has 0 amide bonds. The maximum absolute atomic E-state index is 13.1. The highest BCUT2D eigenvalue weighted by Crippen LogP contribution is 2.29. The van der Waals surface area contributed by atoms with Gasteiger partial charge < -0.3 is 10.3 Å². The maximum atomic E-state index is 13.1. The molecule has 0 bridgehead atoms. The molecule has 1 aliphatic rings. The predicted octanol–water partition coefficient (Wildman–Crippen LogP) is 2.61. The quantitative estimate of drug-likeness (QED) is 0.931. The highest BCUT2D eigenvalue weighted by Gasteiger charge is 2.31. The van der Waals surface area contributed by atoms with Crippen LogP contribution in [-0.2, 0) is 12.8 Å². The Balaban J connectivity index is 1.67. The van der Waals surface area contributed by atoms with Gasteiger partial charge in [0.15, 0.2) is 5.82 Å². The molecule has 4 nitrogen and oxygen atoms in total. The molecule has 0 spiro atoms. The minimum absolute atomic E-state index is 0.192. The van der Waals surface area contributed by atoms with Gasteiger partial charge in [0.2, 0.25) is 5.89 Å². The fourth-order valence-electron chi connectivity index (χ4n) is 2.82. The first-order valence-electron chi connectivity index (χ1n) is 6.98. The summed E-state index contributed by atoms with van der Waals surface area (Å²) in [5.74, 6) is 0.908. The van der Waals surface area contributed by atoms with Crippen molar-refractivity contribution in [3.8, 4) is 0 Å². The molecular formula is C15H18FN3O. The van der Waals surface area contributed by atoms with Crippen molar-refractivity contribution in [2.75, 3.05) is 0 Å². The minimum Gasteiger partial charge on any atom is -0.339 e. The van der Waals surface area contributed by atoms with Gasteiger partial charge in [-0.25, -0.2) is 4.39 Å². The molecule has 1 aliphatic carbocycles. The Hall–Kier alpha value is -1.75. The summed E-state index contributed by atoms with van der Waals surface area (Å²) in [7, 11) is 0. The van der Waals surface area contributed by atoms with Crippen LogP contribution < -0.4 is 5.73 Å². The largest absolute Gasteiger partial charge is 0.339 e. The molecule has 2 aromatic rings. The summed E-state index contributed by atoms with van der Waals surface area (Å²) in [6.45, 7) is 0. The predicted molar refractivity (Wildman–Crippen MR) is 72.6 cm³/mol. The molecule has 20 heavy (non-hydrogen) atoms. The van der Waals surface area contributed by atoms with Gasteiger partial charge in [-0.2, -0.15) is 4.98 Å². The van der Waals surface area contributed by atoms with E-state index in [1.807, 2.05) is 6.07 Å². The van der Waals surface area contributed by atoms with Gasteiger partial charge in [0, 0.05) is 18.4 Å². The van der Waals surface area contributed by atoms with E-state index in [0.29, 0.717) is 24.6 Å². The molecule has 0 saturated heterocycles. The van der Waals surface area contributed by atoms with Crippen LogP contribution in [0.3, 0.4) is 0 Å². The molecule has 0 radical (unpaired) electrons. The lowest BCUT2D eigenvalue weighted by Crippen LogP contribution is -2.38. The van der Waals surface area contributed by atoms with E-state index < -0.39 is 0 Å². The van der Waals surface area contributed by atoms with Crippen LogP contribution in [0, 0.1) is 5.82 Å². The Morgan fingerprint density at radius 1 is 1.30 bits per heavy atom. The first kappa shape index (κ1) is 13.2. The molecule has 1 aromatic heterocycles. The second-order valence-corrected chi connectivity index (χ2v) is 5.66. The Kier molecular flexibility index (Phi) is 3.53. The smallest absolute Gasteiger partial charge is 0.228 e. The highest BCUT2D eigenvalue weighted by molar-refractivity contribution is 5.19. The average molecular weight is 275 g/mol. The molecule has 106 valence electrons. The lowest BCUT2D eigenvalue weighted by molar-refractivity contribution is 0.327. The molecule has 1 fully saturated rings. The van der Waals surface area contributed by atoms with Crippen LogP contribution in [0.1, 0.15) is 43.0 Å². The lowest BCUT2D eigenvalue weighted by atomic mass is 9.95. The number of nitrogens with zero attached hydrogens (tertiary/aromatic N) is 2. The normalized spacial score (nSPS) is 17.5. The summed E-state index contributed by atoms with van der Waals surface area (Å²) >= 11 is 0. The Bertz CT molecular complexity index is 590. The summed E-state index contributed by atoms with van der Waals surface area (Å²) in [4.78, 5) is 4.36. The van der Waals surface area contributed by atoms with Gasteiger partial charge in [-0.1, -0.05) is 30.1 Å². The molecule has 1 aromatic carbocycles. The number of benzene rings is 1. The van der Waals surface area contributed by atoms with Gasteiger partial charge in [-0.05, 0) is 30.5 Å². The fraction of sp³-hybridized carbons (Fsp3) is 0.467. The van der Waals surface area contributed by atoms with Crippen LogP contribution in [0.2, 0.25) is 0 Å². The van der Waals surface area contributed by atoms with E-state index >= 15 is 0 Å². The number of rotatable bonds is 4. The van der Waals surface area contributed by atoms with Crippen LogP contribution in [0.4, 0.5) is 4.39 Å². The molecule has 0 aliphatic heterocycles. The van der Waals surface area contributed by atoms with Gasteiger partial charge in [0.25, 0.3) is 0 Å². The number of hydrogen-bond donors (Lipinski definition) is 1. The van der Waals surface area contributed by atoms with Crippen LogP contribution in [0.5, 0.6) is 0 Å². The number of halogens is 1. The van der Waals surface area contributed by atoms with E-state index in [-0.39, 0.29) is 11.4 Å². The molecule has 2 N–H and O–H groups in total. The molecule has 1 saturated carbocycles. The second kappa shape index (κ2) is 5.32. The third-order valence-corrected chi connectivity index (χ3v) is 3.86. The van der Waals surface area contributed by atoms with Crippen molar-refractivity contribution in [2.24, 2.45) is 5.73 Å². The van der Waals surface area contributed by atoms with Crippen molar-refractivity contribution < 1.29 is 8.91 Å². The van der Waals surface area contributed by atoms with Crippen molar-refractivity contribution in [3.63, 3.8) is 0 Å². The van der Waals surface area contributed by atoms with Crippen molar-refractivity contribution in [1.29, 1.82) is 0 Å². The zero-order valence-electron chi connectivity index (χ0n) is 11.3. The molecular weight excluding hydrogens is 257 g/mol. The van der Waals surface area contributed by atoms with Crippen LogP contribution in [0.25, 0.3) is 0 Å². The molecule has 0 unspecified atom stereocenters. The van der Waals surface area contributed by atoms with E-state index in [4.69, 9.17) is 10.3 Å². The number of nitrogens with two attached hydrogens (primary N) is 1. The standard InChI is InChI=1S/C15H18FN3O/c16-12-5-3-4-11(8-12)9-13-18-14(20-19-13)10-15(17)6-1-2-7-15/h3-5,8H,1-2,6-7,9-10,17H2. The second-order valence-electron chi connectivity index (χ2n) is 5.66. The van der Waals surface area contributed by atoms with Crippen molar-refractivity contribution >= 4 is 0 Å². The summed E-state index contributed by atoms with van der Waals surface area (Å²) in [6.07, 6.45) is 5.45. The van der Waals surface area contributed by atoms with Gasteiger partial charge in [-0.3, -0.25) is 0 Å². The third-order valence-electron chi connectivity index (χ3n) is 3.86. The Labute approximate surface area is 117 Å². The molecule has 1 heterocycles. The van der Waals surface area contributed by atoms with E-state index in [1.54, 1.807) is 6.07 Å². The van der Waals surface area contributed by atoms with Gasteiger partial charge in [0.05, 0.1) is 0 Å². The molecule has 3 rings (SSSR count). The average Bonchev–Trinajstić information content (AvgIpc) is 3.00. The maximum Gasteiger partial charge on any atom is 0.228 e. The van der Waals surface area contributed by atoms with Gasteiger partial charge >= 0.3 is 0 Å². The van der Waals surface area contributed by atoms with E-state index in [1.165, 1.54) is 25.0 Å². The van der Waals surface area contributed by atoms with Gasteiger partial charge in [-0.15, -0.1) is 0 Å². The zero-order chi connectivity index (χ0) is 14.0. The minimum atomic E-state index is -0.252. The van der Waals surface area contributed by atoms with Crippen LogP contribution in [-0.4, -0.2) is 15.7 Å². The van der Waals surface area contributed by atoms with Crippen molar-refractivity contribution in [2.45, 2.75) is 44.1 Å². The van der Waals surface area contributed by atoms with E-state index in [0.717, 1.165) is 18.4 Å². The first-order chi connectivity index (χ1) is 9.63. The van der Waals surface area contributed by atoms with E-state index in [2.05, 4.69) is 10.1 Å². The summed E-state index contributed by atoms with van der Waals surface area (Å²) < 4.78 is 18.4. The number of hydrogen-bond acceptors (Lipinski definition) is 4. The fourth-order valence-corrected chi connectivity index (χ4v) is 2.82. The van der Waals surface area contributed by atoms with E-state index in [9.17, 15) is 4.39 Å². The SMILES string of the molecule is NC1(Cc2nc(Cc3cccc(F)c3)no2)CCCC1. The molecule has 0 atom stereocenters. The third kappa shape index (κ3) is 3.04. The summed E-state index contributed by atoms with van der Waals surface area (Å²) in [5.41, 5.74) is 6.94. The monoisotopic (exact) mass is 275 g/mol. The first-order valence-corrected chi connectivity index (χ1v) is 6.98. The van der Waals surface area contributed by atoms with Gasteiger partial charge in [0.1, 0.15) is 5.82 Å². The summed E-state index contributed by atoms with van der Waals surface area (Å²) in [6, 6.07) is 6.43. The molecule has 5 heteroatoms. The van der Waals surface area contributed by atoms with Crippen molar-refractivity contribution in [3.05, 3.63) is 47.4 Å². The van der Waals surface area contributed by atoms with Crippen molar-refractivity contribution in [1.82, 2.24) is 10.1 Å². The lowest BCUT2D eigenvalue weighted by Gasteiger charge is -2.20.